The first-order valence-electron chi connectivity index (χ1n) is 12.0. The summed E-state index contributed by atoms with van der Waals surface area (Å²) >= 11 is 0. The van der Waals surface area contributed by atoms with Crippen LogP contribution >= 0.6 is 0 Å². The highest BCUT2D eigenvalue weighted by atomic mass is 16.3. The molecular weight excluding hydrogens is 384 g/mol. The largest absolute Gasteiger partial charge is 0.390 e. The molecule has 1 saturated carbocycles. The Balaban J connectivity index is 1.67. The zero-order chi connectivity index (χ0) is 22.1. The molecule has 0 aliphatic heterocycles. The Labute approximate surface area is 186 Å². The van der Waals surface area contributed by atoms with Gasteiger partial charge >= 0.3 is 0 Å². The lowest BCUT2D eigenvalue weighted by Crippen LogP contribution is -2.47. The van der Waals surface area contributed by atoms with Crippen molar-refractivity contribution >= 4 is 11.6 Å². The van der Waals surface area contributed by atoms with Crippen LogP contribution in [0.1, 0.15) is 92.4 Å². The first-order valence-corrected chi connectivity index (χ1v) is 12.0. The molecule has 3 atom stereocenters. The lowest BCUT2D eigenvalue weighted by atomic mass is 9.56. The number of hydrogen-bond acceptors (Lipinski definition) is 3. The van der Waals surface area contributed by atoms with E-state index in [0.717, 1.165) is 69.2 Å². The lowest BCUT2D eigenvalue weighted by Gasteiger charge is -2.50. The van der Waals surface area contributed by atoms with Crippen LogP contribution in [0.4, 0.5) is 5.69 Å². The predicted octanol–water partition coefficient (Wildman–Crippen LogP) is 5.96. The van der Waals surface area contributed by atoms with Crippen LogP contribution in [0.15, 0.2) is 36.5 Å². The highest BCUT2D eigenvalue weighted by molar-refractivity contribution is 6.04. The summed E-state index contributed by atoms with van der Waals surface area (Å²) in [7, 11) is 0. The lowest BCUT2D eigenvalue weighted by molar-refractivity contribution is -0.0517. The second-order valence-corrected chi connectivity index (χ2v) is 9.74. The topological polar surface area (TPSA) is 62.2 Å². The molecule has 0 unspecified atom stereocenters. The highest BCUT2D eigenvalue weighted by Gasteiger charge is 2.49. The van der Waals surface area contributed by atoms with Crippen LogP contribution < -0.4 is 5.32 Å². The molecule has 2 aliphatic rings. The van der Waals surface area contributed by atoms with Crippen LogP contribution in [0, 0.1) is 12.8 Å². The molecule has 4 rings (SSSR count). The standard InChI is InChI=1S/C27H36N2O2/c1-4-13-27-15-14-26(31,5-2)18-22(27)9-6-8-20-17-21(11-12-23(20)27)25(30)29-24-10-7-16-28-19(24)3/h7,10-12,16-17,22,31H,4-6,8-9,13-15,18H2,1-3H3,(H,29,30)/t22-,26+,27+/m0/s1. The average Bonchev–Trinajstić information content (AvgIpc) is 2.92. The summed E-state index contributed by atoms with van der Waals surface area (Å²) in [5.41, 5.74) is 4.69. The molecule has 0 spiro atoms. The molecule has 31 heavy (non-hydrogen) atoms. The average molecular weight is 421 g/mol. The first-order chi connectivity index (χ1) is 14.9. The molecule has 1 aromatic carbocycles. The second kappa shape index (κ2) is 8.74. The third kappa shape index (κ3) is 4.15. The van der Waals surface area contributed by atoms with Crippen LogP contribution in [0.2, 0.25) is 0 Å². The van der Waals surface area contributed by atoms with E-state index in [4.69, 9.17) is 0 Å². The van der Waals surface area contributed by atoms with E-state index in [0.29, 0.717) is 11.5 Å². The number of carbonyl (C=O) groups excluding carboxylic acids is 1. The number of rotatable bonds is 5. The fourth-order valence-corrected chi connectivity index (χ4v) is 6.16. The summed E-state index contributed by atoms with van der Waals surface area (Å²) in [6, 6.07) is 10.1. The summed E-state index contributed by atoms with van der Waals surface area (Å²) in [6.45, 7) is 6.29. The smallest absolute Gasteiger partial charge is 0.255 e. The molecule has 2 aromatic rings. The van der Waals surface area contributed by atoms with Gasteiger partial charge in [-0.3, -0.25) is 9.78 Å². The Hall–Kier alpha value is -2.20. The number of aliphatic hydroxyl groups is 1. The summed E-state index contributed by atoms with van der Waals surface area (Å²) < 4.78 is 0. The van der Waals surface area contributed by atoms with Crippen molar-refractivity contribution in [1.29, 1.82) is 0 Å². The molecule has 0 radical (unpaired) electrons. The number of hydrogen-bond donors (Lipinski definition) is 2. The Bertz CT molecular complexity index is 956. The summed E-state index contributed by atoms with van der Waals surface area (Å²) in [4.78, 5) is 17.2. The maximum absolute atomic E-state index is 13.0. The van der Waals surface area contributed by atoms with Crippen LogP contribution in [0.25, 0.3) is 0 Å². The summed E-state index contributed by atoms with van der Waals surface area (Å²) in [6.07, 6.45) is 11.0. The van der Waals surface area contributed by atoms with Gasteiger partial charge in [0.15, 0.2) is 0 Å². The predicted molar refractivity (Wildman–Crippen MR) is 125 cm³/mol. The summed E-state index contributed by atoms with van der Waals surface area (Å²) in [5.74, 6) is 0.443. The maximum atomic E-state index is 13.0. The van der Waals surface area contributed by atoms with Crippen LogP contribution in [-0.2, 0) is 11.8 Å². The minimum absolute atomic E-state index is 0.0757. The zero-order valence-corrected chi connectivity index (χ0v) is 19.2. The van der Waals surface area contributed by atoms with E-state index in [-0.39, 0.29) is 11.3 Å². The van der Waals surface area contributed by atoms with Crippen molar-refractivity contribution in [3.63, 3.8) is 0 Å². The number of aromatic nitrogens is 1. The molecular formula is C27H36N2O2. The maximum Gasteiger partial charge on any atom is 0.255 e. The molecule has 0 bridgehead atoms. The zero-order valence-electron chi connectivity index (χ0n) is 19.2. The molecule has 2 aliphatic carbocycles. The molecule has 1 aromatic heterocycles. The number of nitrogens with zero attached hydrogens (tertiary/aromatic N) is 1. The van der Waals surface area contributed by atoms with Crippen molar-refractivity contribution < 1.29 is 9.90 Å². The van der Waals surface area contributed by atoms with E-state index in [1.807, 2.05) is 25.1 Å². The molecule has 1 heterocycles. The number of amides is 1. The van der Waals surface area contributed by atoms with E-state index in [2.05, 4.69) is 36.3 Å². The Morgan fingerprint density at radius 1 is 1.26 bits per heavy atom. The van der Waals surface area contributed by atoms with Crippen LogP contribution in [0.5, 0.6) is 0 Å². The van der Waals surface area contributed by atoms with Gasteiger partial charge in [-0.15, -0.1) is 0 Å². The fraction of sp³-hybridized carbons (Fsp3) is 0.556. The van der Waals surface area contributed by atoms with Gasteiger partial charge in [0.05, 0.1) is 17.0 Å². The number of carbonyl (C=O) groups is 1. The number of pyridine rings is 1. The number of benzene rings is 1. The van der Waals surface area contributed by atoms with E-state index in [1.165, 1.54) is 11.1 Å². The molecule has 4 heteroatoms. The van der Waals surface area contributed by atoms with Gasteiger partial charge in [0.25, 0.3) is 5.91 Å². The monoisotopic (exact) mass is 420 g/mol. The molecule has 166 valence electrons. The first kappa shape index (κ1) is 22.0. The summed E-state index contributed by atoms with van der Waals surface area (Å²) in [5, 5.41) is 14.1. The van der Waals surface area contributed by atoms with E-state index in [9.17, 15) is 9.90 Å². The van der Waals surface area contributed by atoms with Gasteiger partial charge in [0, 0.05) is 11.8 Å². The number of nitrogens with one attached hydrogen (secondary N) is 1. The van der Waals surface area contributed by atoms with E-state index in [1.54, 1.807) is 6.20 Å². The third-order valence-electron chi connectivity index (χ3n) is 7.96. The molecule has 1 fully saturated rings. The van der Waals surface area contributed by atoms with Gasteiger partial charge in [0.1, 0.15) is 0 Å². The van der Waals surface area contributed by atoms with Gasteiger partial charge in [-0.2, -0.15) is 0 Å². The van der Waals surface area contributed by atoms with E-state index >= 15 is 0 Å². The van der Waals surface area contributed by atoms with Crippen LogP contribution in [-0.4, -0.2) is 21.6 Å². The van der Waals surface area contributed by atoms with E-state index < -0.39 is 5.60 Å². The van der Waals surface area contributed by atoms with Crippen molar-refractivity contribution in [3.8, 4) is 0 Å². The molecule has 1 amide bonds. The molecule has 0 saturated heterocycles. The van der Waals surface area contributed by atoms with Gasteiger partial charge in [-0.25, -0.2) is 0 Å². The Morgan fingerprint density at radius 2 is 2.10 bits per heavy atom. The highest BCUT2D eigenvalue weighted by Crippen LogP contribution is 2.54. The van der Waals surface area contributed by atoms with Gasteiger partial charge < -0.3 is 10.4 Å². The van der Waals surface area contributed by atoms with Gasteiger partial charge in [-0.1, -0.05) is 26.3 Å². The number of anilines is 1. The minimum atomic E-state index is -0.506. The fourth-order valence-electron chi connectivity index (χ4n) is 6.16. The molecule has 4 nitrogen and oxygen atoms in total. The minimum Gasteiger partial charge on any atom is -0.390 e. The SMILES string of the molecule is CCC[C@@]12CC[C@](O)(CC)C[C@@H]1CCCc1cc(C(=O)Nc3cccnc3C)ccc12. The number of aryl methyl sites for hydroxylation is 2. The van der Waals surface area contributed by atoms with Gasteiger partial charge in [0.2, 0.25) is 0 Å². The number of fused-ring (bicyclic) bond motifs is 3. The van der Waals surface area contributed by atoms with Crippen LogP contribution in [0.3, 0.4) is 0 Å². The third-order valence-corrected chi connectivity index (χ3v) is 7.96. The van der Waals surface area contributed by atoms with Crippen molar-refractivity contribution in [2.45, 2.75) is 89.6 Å². The van der Waals surface area contributed by atoms with Crippen molar-refractivity contribution in [2.75, 3.05) is 5.32 Å². The van der Waals surface area contributed by atoms with Gasteiger partial charge in [-0.05, 0) is 105 Å². The Kier molecular flexibility index (Phi) is 6.20. The van der Waals surface area contributed by atoms with Crippen molar-refractivity contribution in [1.82, 2.24) is 4.98 Å². The van der Waals surface area contributed by atoms with Crippen molar-refractivity contribution in [2.24, 2.45) is 5.92 Å². The second-order valence-electron chi connectivity index (χ2n) is 9.74. The normalized spacial score (nSPS) is 27.7. The quantitative estimate of drug-likeness (QED) is 0.627. The Morgan fingerprint density at radius 3 is 2.84 bits per heavy atom. The van der Waals surface area contributed by atoms with Crippen molar-refractivity contribution in [3.05, 3.63) is 58.9 Å². The molecule has 2 N–H and O–H groups in total.